The van der Waals surface area contributed by atoms with Crippen LogP contribution in [0.2, 0.25) is 0 Å². The Hall–Kier alpha value is -2.14. The summed E-state index contributed by atoms with van der Waals surface area (Å²) in [5, 5.41) is 3.01. The van der Waals surface area contributed by atoms with Crippen molar-refractivity contribution in [2.24, 2.45) is 5.92 Å². The summed E-state index contributed by atoms with van der Waals surface area (Å²) in [6.45, 7) is 6.28. The third-order valence-electron chi connectivity index (χ3n) is 4.96. The van der Waals surface area contributed by atoms with Crippen molar-refractivity contribution in [2.75, 3.05) is 31.6 Å². The van der Waals surface area contributed by atoms with Crippen molar-refractivity contribution in [3.05, 3.63) is 42.5 Å². The molecular weight excluding hydrogens is 314 g/mol. The van der Waals surface area contributed by atoms with Crippen LogP contribution in [0.3, 0.4) is 0 Å². The number of anilines is 1. The molecule has 5 heteroatoms. The highest BCUT2D eigenvalue weighted by molar-refractivity contribution is 6.01. The second-order valence-electron chi connectivity index (χ2n) is 7.07. The van der Waals surface area contributed by atoms with Crippen LogP contribution in [0.5, 0.6) is 0 Å². The third kappa shape index (κ3) is 4.92. The van der Waals surface area contributed by atoms with Gasteiger partial charge in [-0.05, 0) is 61.9 Å². The monoisotopic (exact) mass is 341 g/mol. The fourth-order valence-corrected chi connectivity index (χ4v) is 3.01. The summed E-state index contributed by atoms with van der Waals surface area (Å²) in [5.74, 6) is 0.651. The molecule has 1 aromatic carbocycles. The number of rotatable bonds is 9. The van der Waals surface area contributed by atoms with E-state index in [1.54, 1.807) is 31.3 Å². The van der Waals surface area contributed by atoms with E-state index in [2.05, 4.69) is 16.8 Å². The van der Waals surface area contributed by atoms with Crippen LogP contribution < -0.4 is 10.2 Å². The molecule has 2 aliphatic rings. The molecule has 0 radical (unpaired) electrons. The molecule has 134 valence electrons. The Kier molecular flexibility index (Phi) is 5.53. The first-order valence-corrected chi connectivity index (χ1v) is 9.11. The Balaban J connectivity index is 1.47. The van der Waals surface area contributed by atoms with E-state index < -0.39 is 0 Å². The lowest BCUT2D eigenvalue weighted by Crippen LogP contribution is -2.37. The Morgan fingerprint density at radius 1 is 1.20 bits per heavy atom. The lowest BCUT2D eigenvalue weighted by atomic mass is 10.2. The van der Waals surface area contributed by atoms with E-state index in [9.17, 15) is 9.59 Å². The molecule has 0 atom stereocenters. The number of nitrogens with one attached hydrogen (secondary N) is 1. The molecule has 0 unspecified atom stereocenters. The highest BCUT2D eigenvalue weighted by Crippen LogP contribution is 2.34. The Bertz CT molecular complexity index is 633. The Morgan fingerprint density at radius 3 is 2.44 bits per heavy atom. The molecular formula is C20H27N3O2. The maximum atomic E-state index is 12.3. The van der Waals surface area contributed by atoms with Crippen molar-refractivity contribution >= 4 is 17.5 Å². The van der Waals surface area contributed by atoms with Crippen LogP contribution in [0.25, 0.3) is 0 Å². The molecule has 0 aromatic heterocycles. The standard InChI is InChI=1S/C20H27N3O2/c1-3-19(24)22(2)17-8-6-16(7-9-17)20(25)21-12-13-23(18-10-11-18)14-15-4-5-15/h3,6-9,15,18H,1,4-5,10-14H2,2H3,(H,21,25). The molecule has 2 amide bonds. The van der Waals surface area contributed by atoms with E-state index in [4.69, 9.17) is 0 Å². The van der Waals surface area contributed by atoms with E-state index >= 15 is 0 Å². The van der Waals surface area contributed by atoms with E-state index in [1.807, 2.05) is 0 Å². The van der Waals surface area contributed by atoms with Crippen LogP contribution in [0.4, 0.5) is 5.69 Å². The SMILES string of the molecule is C=CC(=O)N(C)c1ccc(C(=O)NCCN(CC2CC2)C2CC2)cc1. The zero-order chi connectivity index (χ0) is 17.8. The number of hydrogen-bond donors (Lipinski definition) is 1. The third-order valence-corrected chi connectivity index (χ3v) is 4.96. The van der Waals surface area contributed by atoms with Gasteiger partial charge in [0.05, 0.1) is 0 Å². The molecule has 5 nitrogen and oxygen atoms in total. The van der Waals surface area contributed by atoms with Crippen LogP contribution >= 0.6 is 0 Å². The number of carbonyl (C=O) groups is 2. The van der Waals surface area contributed by atoms with Crippen LogP contribution in [-0.4, -0.2) is 49.4 Å². The van der Waals surface area contributed by atoms with Crippen molar-refractivity contribution in [1.29, 1.82) is 0 Å². The molecule has 25 heavy (non-hydrogen) atoms. The quantitative estimate of drug-likeness (QED) is 0.702. The second kappa shape index (κ2) is 7.83. The topological polar surface area (TPSA) is 52.7 Å². The lowest BCUT2D eigenvalue weighted by Gasteiger charge is -2.22. The van der Waals surface area contributed by atoms with Crippen LogP contribution in [0.1, 0.15) is 36.0 Å². The summed E-state index contributed by atoms with van der Waals surface area (Å²) in [6, 6.07) is 7.80. The van der Waals surface area contributed by atoms with Gasteiger partial charge in [-0.1, -0.05) is 6.58 Å². The van der Waals surface area contributed by atoms with Gasteiger partial charge in [0.2, 0.25) is 5.91 Å². The molecule has 2 saturated carbocycles. The van der Waals surface area contributed by atoms with Gasteiger partial charge in [-0.15, -0.1) is 0 Å². The lowest BCUT2D eigenvalue weighted by molar-refractivity contribution is -0.113. The van der Waals surface area contributed by atoms with Gasteiger partial charge in [-0.3, -0.25) is 14.5 Å². The summed E-state index contributed by atoms with van der Waals surface area (Å²) >= 11 is 0. The van der Waals surface area contributed by atoms with E-state index in [0.717, 1.165) is 24.2 Å². The molecule has 0 saturated heterocycles. The molecule has 1 N–H and O–H groups in total. The number of hydrogen-bond acceptors (Lipinski definition) is 3. The minimum absolute atomic E-state index is 0.0635. The molecule has 2 fully saturated rings. The maximum absolute atomic E-state index is 12.3. The maximum Gasteiger partial charge on any atom is 0.251 e. The number of amides is 2. The number of nitrogens with zero attached hydrogens (tertiary/aromatic N) is 2. The van der Waals surface area contributed by atoms with Crippen LogP contribution in [0.15, 0.2) is 36.9 Å². The highest BCUT2D eigenvalue weighted by atomic mass is 16.2. The summed E-state index contributed by atoms with van der Waals surface area (Å²) < 4.78 is 0. The normalized spacial score (nSPS) is 16.6. The van der Waals surface area contributed by atoms with Gasteiger partial charge in [-0.25, -0.2) is 0 Å². The second-order valence-corrected chi connectivity index (χ2v) is 7.07. The van der Waals surface area contributed by atoms with Gasteiger partial charge in [0.25, 0.3) is 5.91 Å². The zero-order valence-corrected chi connectivity index (χ0v) is 14.9. The van der Waals surface area contributed by atoms with Gasteiger partial charge in [-0.2, -0.15) is 0 Å². The van der Waals surface area contributed by atoms with Crippen molar-refractivity contribution in [1.82, 2.24) is 10.2 Å². The average Bonchev–Trinajstić information content (AvgIpc) is 3.53. The van der Waals surface area contributed by atoms with Crippen molar-refractivity contribution in [3.8, 4) is 0 Å². The van der Waals surface area contributed by atoms with Crippen molar-refractivity contribution in [2.45, 2.75) is 31.7 Å². The van der Waals surface area contributed by atoms with Gasteiger partial charge in [0, 0.05) is 44.0 Å². The van der Waals surface area contributed by atoms with Crippen molar-refractivity contribution in [3.63, 3.8) is 0 Å². The average molecular weight is 341 g/mol. The summed E-state index contributed by atoms with van der Waals surface area (Å²) in [6.07, 6.45) is 6.61. The Labute approximate surface area is 149 Å². The largest absolute Gasteiger partial charge is 0.351 e. The first-order valence-electron chi connectivity index (χ1n) is 9.11. The fourth-order valence-electron chi connectivity index (χ4n) is 3.01. The molecule has 0 heterocycles. The smallest absolute Gasteiger partial charge is 0.251 e. The minimum atomic E-state index is -0.173. The molecule has 2 aliphatic carbocycles. The number of carbonyl (C=O) groups excluding carboxylic acids is 2. The van der Waals surface area contributed by atoms with Gasteiger partial charge in [0.1, 0.15) is 0 Å². The summed E-state index contributed by atoms with van der Waals surface area (Å²) in [7, 11) is 1.69. The molecule has 1 aromatic rings. The van der Waals surface area contributed by atoms with Gasteiger partial charge < -0.3 is 10.2 Å². The van der Waals surface area contributed by atoms with E-state index in [1.165, 1.54) is 43.2 Å². The summed E-state index contributed by atoms with van der Waals surface area (Å²) in [5.41, 5.74) is 1.36. The zero-order valence-electron chi connectivity index (χ0n) is 14.9. The van der Waals surface area contributed by atoms with E-state index in [-0.39, 0.29) is 11.8 Å². The number of likely N-dealkylation sites (N-methyl/N-ethyl adjacent to an activating group) is 1. The molecule has 0 bridgehead atoms. The van der Waals surface area contributed by atoms with Gasteiger partial charge >= 0.3 is 0 Å². The fraction of sp³-hybridized carbons (Fsp3) is 0.500. The number of benzene rings is 1. The van der Waals surface area contributed by atoms with E-state index in [0.29, 0.717) is 12.1 Å². The Morgan fingerprint density at radius 2 is 1.88 bits per heavy atom. The summed E-state index contributed by atoms with van der Waals surface area (Å²) in [4.78, 5) is 27.9. The van der Waals surface area contributed by atoms with Gasteiger partial charge in [0.15, 0.2) is 0 Å². The van der Waals surface area contributed by atoms with Crippen LogP contribution in [0, 0.1) is 5.92 Å². The first-order chi connectivity index (χ1) is 12.1. The van der Waals surface area contributed by atoms with Crippen LogP contribution in [-0.2, 0) is 4.79 Å². The molecule has 0 spiro atoms. The minimum Gasteiger partial charge on any atom is -0.351 e. The molecule has 3 rings (SSSR count). The molecule has 0 aliphatic heterocycles. The predicted molar refractivity (Wildman–Crippen MR) is 99.7 cm³/mol. The predicted octanol–water partition coefficient (Wildman–Crippen LogP) is 2.44. The highest BCUT2D eigenvalue weighted by Gasteiger charge is 2.33. The van der Waals surface area contributed by atoms with Crippen molar-refractivity contribution < 1.29 is 9.59 Å². The first kappa shape index (κ1) is 17.7.